The normalized spacial score (nSPS) is 41.7. The highest BCUT2D eigenvalue weighted by Gasteiger charge is 2.55. The van der Waals surface area contributed by atoms with Crippen molar-refractivity contribution in [2.45, 2.75) is 193 Å². The van der Waals surface area contributed by atoms with Crippen LogP contribution in [0, 0.1) is 23.7 Å². The van der Waals surface area contributed by atoms with Gasteiger partial charge in [0, 0.05) is 38.2 Å². The van der Waals surface area contributed by atoms with E-state index in [4.69, 9.17) is 42.6 Å². The molecule has 3 heterocycles. The van der Waals surface area contributed by atoms with Crippen molar-refractivity contribution in [1.29, 1.82) is 0 Å². The van der Waals surface area contributed by atoms with E-state index in [-0.39, 0.29) is 38.0 Å². The summed E-state index contributed by atoms with van der Waals surface area (Å²) in [7, 11) is 5.16. The molecule has 0 aliphatic carbocycles. The molecule has 4 rings (SSSR count). The Morgan fingerprint density at radius 3 is 2.09 bits per heavy atom. The smallest absolute Gasteiger partial charge is 0.459 e. The summed E-state index contributed by atoms with van der Waals surface area (Å²) in [6.45, 7) is 17.5. The van der Waals surface area contributed by atoms with Crippen LogP contribution in [0.5, 0.6) is 0 Å². The Morgan fingerprint density at radius 1 is 0.875 bits per heavy atom. The molecule has 0 bridgehead atoms. The van der Waals surface area contributed by atoms with Crippen molar-refractivity contribution >= 4 is 23.9 Å². The van der Waals surface area contributed by atoms with Crippen LogP contribution in [0.15, 0.2) is 30.3 Å². The summed E-state index contributed by atoms with van der Waals surface area (Å²) in [4.78, 5) is 56.0. The van der Waals surface area contributed by atoms with Gasteiger partial charge in [0.1, 0.15) is 29.7 Å². The van der Waals surface area contributed by atoms with Crippen LogP contribution in [-0.2, 0) is 63.6 Å². The molecule has 0 unspecified atom stereocenters. The number of hydrogen-bond donors (Lipinski definition) is 3. The number of ketones is 1. The molecule has 64 heavy (non-hydrogen) atoms. The quantitative estimate of drug-likeness (QED) is 0.202. The van der Waals surface area contributed by atoms with Gasteiger partial charge in [-0.2, -0.15) is 0 Å². The van der Waals surface area contributed by atoms with Crippen molar-refractivity contribution in [1.82, 2.24) is 4.90 Å². The Bertz CT molecular complexity index is 1710. The molecule has 0 aromatic heterocycles. The van der Waals surface area contributed by atoms with Gasteiger partial charge in [0.05, 0.1) is 48.1 Å². The van der Waals surface area contributed by atoms with Crippen LogP contribution in [0.2, 0.25) is 0 Å². The molecule has 1 aromatic carbocycles. The topological polar surface area (TPSA) is 215 Å². The number of esters is 2. The fourth-order valence-corrected chi connectivity index (χ4v) is 9.78. The Kier molecular flexibility index (Phi) is 18.4. The number of benzene rings is 1. The molecule has 17 heteroatoms. The zero-order valence-electron chi connectivity index (χ0n) is 40.2. The number of rotatable bonds is 11. The molecule has 18 atom stereocenters. The van der Waals surface area contributed by atoms with Gasteiger partial charge in [-0.05, 0) is 80.5 Å². The van der Waals surface area contributed by atoms with Gasteiger partial charge in [0.25, 0.3) is 0 Å². The number of aliphatic hydroxyl groups is 3. The molecule has 3 N–H and O–H groups in total. The van der Waals surface area contributed by atoms with Gasteiger partial charge in [-0.15, -0.1) is 0 Å². The average molecular weight is 910 g/mol. The Hall–Kier alpha value is -3.26. The summed E-state index contributed by atoms with van der Waals surface area (Å²) >= 11 is 0. The standard InChI is InChI=1S/C47H75NO16/c1-15-34-47(11,55)39(51)27(4)36(50)25(2)22-45(9,54)40(63-43-38(60-31(8)49)33(48(12)13)21-26(3)58-43)28(5)37(29(6)42(52)61-34)62-35-23-46(10,56-14)41(30(7)59-35)64-44(53)57-24-32-19-17-16-18-20-32/h16-20,25-30,33-35,37-41,43,51,54-55H,15,21-24H2,1-14H3/t25-,26-,27-,28+,29-,30+,33+,34+,35+,37-,38-,39-,40-,41+,43+,45+,46-,47-/m1/s1. The first-order valence-corrected chi connectivity index (χ1v) is 22.5. The average Bonchev–Trinajstić information content (AvgIpc) is 3.23. The van der Waals surface area contributed by atoms with Crippen LogP contribution in [0.3, 0.4) is 0 Å². The lowest BCUT2D eigenvalue weighted by Gasteiger charge is -2.49. The molecular formula is C47H75NO16. The number of Topliss-reactive ketones (excluding diaryl/α,β-unsaturated/α-hetero) is 1. The Balaban J connectivity index is 1.79. The van der Waals surface area contributed by atoms with E-state index in [1.54, 1.807) is 41.5 Å². The third-order valence-corrected chi connectivity index (χ3v) is 13.5. The molecule has 0 spiro atoms. The first-order chi connectivity index (χ1) is 29.8. The fraction of sp³-hybridized carbons (Fsp3) is 0.787. The molecule has 3 aliphatic heterocycles. The monoisotopic (exact) mass is 910 g/mol. The van der Waals surface area contributed by atoms with E-state index in [2.05, 4.69) is 0 Å². The van der Waals surface area contributed by atoms with Crippen molar-refractivity contribution < 1.29 is 77.1 Å². The zero-order chi connectivity index (χ0) is 48.1. The lowest BCUT2D eigenvalue weighted by molar-refractivity contribution is -0.319. The number of carbonyl (C=O) groups is 4. The minimum Gasteiger partial charge on any atom is -0.459 e. The van der Waals surface area contributed by atoms with Gasteiger partial charge in [0.2, 0.25) is 0 Å². The highest BCUT2D eigenvalue weighted by Crippen LogP contribution is 2.42. The van der Waals surface area contributed by atoms with Crippen molar-refractivity contribution in [3.63, 3.8) is 0 Å². The van der Waals surface area contributed by atoms with Gasteiger partial charge in [0.15, 0.2) is 24.8 Å². The predicted molar refractivity (Wildman–Crippen MR) is 231 cm³/mol. The minimum absolute atomic E-state index is 0.0123. The maximum absolute atomic E-state index is 14.4. The van der Waals surface area contributed by atoms with E-state index < -0.39 is 120 Å². The van der Waals surface area contributed by atoms with Crippen LogP contribution >= 0.6 is 0 Å². The zero-order valence-corrected chi connectivity index (χ0v) is 40.2. The molecule has 364 valence electrons. The van der Waals surface area contributed by atoms with E-state index in [0.29, 0.717) is 6.42 Å². The molecule has 0 saturated carbocycles. The van der Waals surface area contributed by atoms with E-state index in [9.17, 15) is 34.5 Å². The summed E-state index contributed by atoms with van der Waals surface area (Å²) in [5, 5.41) is 36.0. The van der Waals surface area contributed by atoms with Crippen LogP contribution in [0.25, 0.3) is 0 Å². The van der Waals surface area contributed by atoms with Crippen molar-refractivity contribution in [3.05, 3.63) is 35.9 Å². The molecule has 3 fully saturated rings. The molecule has 3 saturated heterocycles. The van der Waals surface area contributed by atoms with Gasteiger partial charge >= 0.3 is 18.1 Å². The van der Waals surface area contributed by atoms with E-state index in [1.807, 2.05) is 56.3 Å². The second-order valence-corrected chi connectivity index (χ2v) is 19.2. The predicted octanol–water partition coefficient (Wildman–Crippen LogP) is 4.72. The maximum Gasteiger partial charge on any atom is 0.509 e. The number of carbonyl (C=O) groups excluding carboxylic acids is 4. The van der Waals surface area contributed by atoms with Crippen LogP contribution < -0.4 is 0 Å². The number of hydrogen-bond acceptors (Lipinski definition) is 17. The molecule has 0 amide bonds. The fourth-order valence-electron chi connectivity index (χ4n) is 9.78. The summed E-state index contributed by atoms with van der Waals surface area (Å²) in [5.41, 5.74) is -4.38. The van der Waals surface area contributed by atoms with Crippen molar-refractivity contribution in [2.75, 3.05) is 21.2 Å². The lowest BCUT2D eigenvalue weighted by Crippen LogP contribution is -2.62. The number of nitrogens with zero attached hydrogens (tertiary/aromatic N) is 1. The number of likely N-dealkylation sites (N-methyl/N-ethyl adjacent to an activating group) is 1. The number of aliphatic hydroxyl groups excluding tert-OH is 1. The minimum atomic E-state index is -2.05. The Labute approximate surface area is 378 Å². The lowest BCUT2D eigenvalue weighted by atomic mass is 9.74. The van der Waals surface area contributed by atoms with Crippen molar-refractivity contribution in [2.24, 2.45) is 23.7 Å². The van der Waals surface area contributed by atoms with Gasteiger partial charge in [-0.25, -0.2) is 4.79 Å². The van der Waals surface area contributed by atoms with Crippen molar-refractivity contribution in [3.8, 4) is 0 Å². The largest absolute Gasteiger partial charge is 0.509 e. The van der Waals surface area contributed by atoms with Gasteiger partial charge in [-0.1, -0.05) is 58.0 Å². The second kappa shape index (κ2) is 22.0. The van der Waals surface area contributed by atoms with Crippen LogP contribution in [-0.4, -0.2) is 150 Å². The SMILES string of the molecule is CC[C@@H]1OC(=O)[C@H](C)[C@H](O[C@H]2C[C@@](C)(OC)[C@@H](OC(=O)OCc3ccccc3)[C@H](C)O2)[C@H](C)[C@@H](O[C@@H]2O[C@H](C)C[C@H](N(C)C)[C@H]2OC(C)=O)[C@@](C)(O)C[C@@H](C)C(=O)[C@@H](C)[C@@H](O)[C@]1(C)O. The Morgan fingerprint density at radius 2 is 1.52 bits per heavy atom. The highest BCUT2D eigenvalue weighted by molar-refractivity contribution is 5.83. The highest BCUT2D eigenvalue weighted by atomic mass is 16.8. The van der Waals surface area contributed by atoms with E-state index in [1.165, 1.54) is 34.8 Å². The molecule has 17 nitrogen and oxygen atoms in total. The van der Waals surface area contributed by atoms with Gasteiger partial charge < -0.3 is 62.9 Å². The van der Waals surface area contributed by atoms with Crippen LogP contribution in [0.4, 0.5) is 4.79 Å². The first-order valence-electron chi connectivity index (χ1n) is 22.5. The molecular weight excluding hydrogens is 835 g/mol. The third kappa shape index (κ3) is 12.6. The molecule has 1 aromatic rings. The van der Waals surface area contributed by atoms with Crippen LogP contribution in [0.1, 0.15) is 107 Å². The summed E-state index contributed by atoms with van der Waals surface area (Å²) in [6, 6.07) is 8.78. The first kappa shape index (κ1) is 53.4. The summed E-state index contributed by atoms with van der Waals surface area (Å²) in [6.07, 6.45) is -11.4. The molecule has 0 radical (unpaired) electrons. The van der Waals surface area contributed by atoms with E-state index >= 15 is 0 Å². The summed E-state index contributed by atoms with van der Waals surface area (Å²) in [5.74, 6) is -5.95. The third-order valence-electron chi connectivity index (χ3n) is 13.5. The number of cyclic esters (lactones) is 1. The van der Waals surface area contributed by atoms with Gasteiger partial charge in [-0.3, -0.25) is 14.4 Å². The maximum atomic E-state index is 14.4. The number of methoxy groups -OCH3 is 1. The van der Waals surface area contributed by atoms with E-state index in [0.717, 1.165) is 5.56 Å². The second-order valence-electron chi connectivity index (χ2n) is 19.2. The summed E-state index contributed by atoms with van der Waals surface area (Å²) < 4.78 is 55.5. The molecule has 3 aliphatic rings. The number of ether oxygens (including phenoxy) is 9.